The first-order valence-electron chi connectivity index (χ1n) is 7.48. The molecule has 0 spiro atoms. The molecule has 1 aliphatic heterocycles. The Kier molecular flexibility index (Phi) is 3.20. The Hall–Kier alpha value is -0.120. The Bertz CT molecular complexity index is 312. The Morgan fingerprint density at radius 1 is 1.33 bits per heavy atom. The van der Waals surface area contributed by atoms with Crippen LogP contribution in [0, 0.1) is 16.7 Å². The quantitative estimate of drug-likeness (QED) is 0.836. The predicted molar refractivity (Wildman–Crippen MR) is 71.6 cm³/mol. The van der Waals surface area contributed by atoms with E-state index in [0.29, 0.717) is 16.9 Å². The van der Waals surface area contributed by atoms with Crippen molar-refractivity contribution in [2.75, 3.05) is 26.3 Å². The molecule has 1 saturated heterocycles. The van der Waals surface area contributed by atoms with Crippen molar-refractivity contribution < 1.29 is 9.47 Å². The Morgan fingerprint density at radius 2 is 2.17 bits per heavy atom. The zero-order valence-corrected chi connectivity index (χ0v) is 12.0. The highest BCUT2D eigenvalue weighted by Crippen LogP contribution is 2.66. The summed E-state index contributed by atoms with van der Waals surface area (Å²) in [5.74, 6) is 0.859. The summed E-state index contributed by atoms with van der Waals surface area (Å²) in [7, 11) is 0. The first-order valence-corrected chi connectivity index (χ1v) is 7.48. The predicted octanol–water partition coefficient (Wildman–Crippen LogP) is 2.21. The van der Waals surface area contributed by atoms with E-state index >= 15 is 0 Å². The summed E-state index contributed by atoms with van der Waals surface area (Å²) in [6.45, 7) is 10.8. The van der Waals surface area contributed by atoms with Gasteiger partial charge in [0.05, 0.1) is 25.4 Å². The van der Waals surface area contributed by atoms with E-state index in [0.717, 1.165) is 32.2 Å². The third kappa shape index (κ3) is 1.83. The van der Waals surface area contributed by atoms with Crippen LogP contribution in [0.15, 0.2) is 0 Å². The topological polar surface area (TPSA) is 30.5 Å². The number of morpholine rings is 1. The average molecular weight is 253 g/mol. The maximum Gasteiger partial charge on any atom is 0.0933 e. The van der Waals surface area contributed by atoms with Crippen molar-refractivity contribution in [3.05, 3.63) is 0 Å². The molecule has 0 aromatic heterocycles. The number of ether oxygens (including phenoxy) is 2. The molecule has 0 aromatic carbocycles. The van der Waals surface area contributed by atoms with Gasteiger partial charge in [-0.2, -0.15) is 0 Å². The number of nitrogens with one attached hydrogen (secondary N) is 1. The minimum atomic E-state index is 0.254. The molecule has 3 aliphatic rings. The standard InChI is InChI=1S/C15H27NO2/c1-14(2)11-4-5-15(14,3)13(8-11)18-10-12-9-16-6-7-17-12/h11-13,16H,4-10H2,1-3H3. The largest absolute Gasteiger partial charge is 0.375 e. The van der Waals surface area contributed by atoms with Crippen molar-refractivity contribution >= 4 is 0 Å². The van der Waals surface area contributed by atoms with Crippen LogP contribution in [-0.2, 0) is 9.47 Å². The third-order valence-electron chi connectivity index (χ3n) is 6.20. The Balaban J connectivity index is 1.58. The van der Waals surface area contributed by atoms with Gasteiger partial charge in [0.25, 0.3) is 0 Å². The van der Waals surface area contributed by atoms with Crippen LogP contribution in [0.1, 0.15) is 40.0 Å². The second kappa shape index (κ2) is 4.46. The van der Waals surface area contributed by atoms with E-state index in [1.54, 1.807) is 0 Å². The van der Waals surface area contributed by atoms with Gasteiger partial charge < -0.3 is 14.8 Å². The van der Waals surface area contributed by atoms with Gasteiger partial charge in [-0.3, -0.25) is 0 Å². The zero-order chi connectivity index (χ0) is 12.8. The first kappa shape index (κ1) is 12.9. The summed E-state index contributed by atoms with van der Waals surface area (Å²) in [5, 5.41) is 3.36. The van der Waals surface area contributed by atoms with Crippen LogP contribution in [0.3, 0.4) is 0 Å². The minimum absolute atomic E-state index is 0.254. The lowest BCUT2D eigenvalue weighted by atomic mass is 9.70. The van der Waals surface area contributed by atoms with Gasteiger partial charge in [-0.25, -0.2) is 0 Å². The lowest BCUT2D eigenvalue weighted by Gasteiger charge is -2.39. The van der Waals surface area contributed by atoms with Crippen LogP contribution >= 0.6 is 0 Å². The zero-order valence-electron chi connectivity index (χ0n) is 12.0. The van der Waals surface area contributed by atoms with E-state index in [1.165, 1.54) is 19.3 Å². The molecule has 1 heterocycles. The lowest BCUT2D eigenvalue weighted by molar-refractivity contribution is -0.0957. The van der Waals surface area contributed by atoms with Gasteiger partial charge in [-0.15, -0.1) is 0 Å². The maximum absolute atomic E-state index is 6.25. The van der Waals surface area contributed by atoms with Crippen molar-refractivity contribution in [2.45, 2.75) is 52.2 Å². The molecule has 3 nitrogen and oxygen atoms in total. The summed E-state index contributed by atoms with van der Waals surface area (Å²) in [5.41, 5.74) is 0.823. The SMILES string of the molecule is CC1(C)C2CCC1(C)C(OCC1CNCCO1)C2. The van der Waals surface area contributed by atoms with Gasteiger partial charge in [0, 0.05) is 13.1 Å². The third-order valence-corrected chi connectivity index (χ3v) is 6.20. The number of rotatable bonds is 3. The van der Waals surface area contributed by atoms with Crippen LogP contribution in [0.5, 0.6) is 0 Å². The Labute approximate surface area is 111 Å². The van der Waals surface area contributed by atoms with Crippen molar-refractivity contribution in [2.24, 2.45) is 16.7 Å². The molecule has 0 aromatic rings. The summed E-state index contributed by atoms with van der Waals surface area (Å²) in [6, 6.07) is 0. The van der Waals surface area contributed by atoms with Crippen LogP contribution in [-0.4, -0.2) is 38.5 Å². The van der Waals surface area contributed by atoms with Gasteiger partial charge >= 0.3 is 0 Å². The van der Waals surface area contributed by atoms with Crippen molar-refractivity contribution in [3.63, 3.8) is 0 Å². The number of hydrogen-bond acceptors (Lipinski definition) is 3. The highest BCUT2D eigenvalue weighted by atomic mass is 16.5. The summed E-state index contributed by atoms with van der Waals surface area (Å²) < 4.78 is 12.0. The lowest BCUT2D eigenvalue weighted by Crippen LogP contribution is -2.44. The van der Waals surface area contributed by atoms with Crippen molar-refractivity contribution in [3.8, 4) is 0 Å². The molecule has 3 rings (SSSR count). The highest BCUT2D eigenvalue weighted by Gasteiger charge is 2.61. The van der Waals surface area contributed by atoms with Gasteiger partial charge in [0.1, 0.15) is 0 Å². The maximum atomic E-state index is 6.25. The normalized spacial score (nSPS) is 46.5. The van der Waals surface area contributed by atoms with Gasteiger partial charge in [-0.1, -0.05) is 20.8 Å². The fourth-order valence-electron chi connectivity index (χ4n) is 4.33. The molecule has 18 heavy (non-hydrogen) atoms. The van der Waals surface area contributed by atoms with Gasteiger partial charge in [0.2, 0.25) is 0 Å². The molecule has 3 heteroatoms. The summed E-state index contributed by atoms with van der Waals surface area (Å²) in [6.07, 6.45) is 4.68. The van der Waals surface area contributed by atoms with Crippen molar-refractivity contribution in [1.82, 2.24) is 5.32 Å². The van der Waals surface area contributed by atoms with E-state index in [1.807, 2.05) is 0 Å². The molecule has 2 bridgehead atoms. The first-order chi connectivity index (χ1) is 8.54. The molecule has 3 fully saturated rings. The molecular weight excluding hydrogens is 226 g/mol. The smallest absolute Gasteiger partial charge is 0.0933 e. The van der Waals surface area contributed by atoms with E-state index in [9.17, 15) is 0 Å². The highest BCUT2D eigenvalue weighted by molar-refractivity contribution is 5.11. The molecule has 1 N–H and O–H groups in total. The molecule has 0 amide bonds. The number of fused-ring (bicyclic) bond motifs is 2. The van der Waals surface area contributed by atoms with Crippen LogP contribution in [0.25, 0.3) is 0 Å². The Morgan fingerprint density at radius 3 is 2.72 bits per heavy atom. The van der Waals surface area contributed by atoms with E-state index in [4.69, 9.17) is 9.47 Å². The molecule has 4 atom stereocenters. The van der Waals surface area contributed by atoms with E-state index in [2.05, 4.69) is 26.1 Å². The second-order valence-electron chi connectivity index (χ2n) is 7.13. The average Bonchev–Trinajstić information content (AvgIpc) is 2.70. The molecule has 0 radical (unpaired) electrons. The summed E-state index contributed by atoms with van der Waals surface area (Å²) >= 11 is 0. The van der Waals surface area contributed by atoms with Crippen LogP contribution < -0.4 is 5.32 Å². The molecule has 2 aliphatic carbocycles. The fraction of sp³-hybridized carbons (Fsp3) is 1.00. The summed E-state index contributed by atoms with van der Waals surface area (Å²) in [4.78, 5) is 0. The second-order valence-corrected chi connectivity index (χ2v) is 7.13. The van der Waals surface area contributed by atoms with Crippen LogP contribution in [0.2, 0.25) is 0 Å². The minimum Gasteiger partial charge on any atom is -0.375 e. The number of hydrogen-bond donors (Lipinski definition) is 1. The molecule has 2 saturated carbocycles. The fourth-order valence-corrected chi connectivity index (χ4v) is 4.33. The van der Waals surface area contributed by atoms with E-state index in [-0.39, 0.29) is 6.10 Å². The van der Waals surface area contributed by atoms with Crippen molar-refractivity contribution in [1.29, 1.82) is 0 Å². The van der Waals surface area contributed by atoms with Gasteiger partial charge in [-0.05, 0) is 36.0 Å². The van der Waals surface area contributed by atoms with Gasteiger partial charge in [0.15, 0.2) is 0 Å². The van der Waals surface area contributed by atoms with E-state index < -0.39 is 0 Å². The molecule has 4 unspecified atom stereocenters. The molecule has 104 valence electrons. The monoisotopic (exact) mass is 253 g/mol. The van der Waals surface area contributed by atoms with Crippen LogP contribution in [0.4, 0.5) is 0 Å². The molecular formula is C15H27NO2.